The fourth-order valence-electron chi connectivity index (χ4n) is 2.38. The Morgan fingerprint density at radius 3 is 2.63 bits per heavy atom. The fraction of sp³-hybridized carbons (Fsp3) is 0.429. The molecule has 1 heterocycles. The lowest BCUT2D eigenvalue weighted by molar-refractivity contribution is 0.0697. The summed E-state index contributed by atoms with van der Waals surface area (Å²) in [5, 5.41) is 8.94. The van der Waals surface area contributed by atoms with Gasteiger partial charge in [0.2, 0.25) is 0 Å². The second kappa shape index (κ2) is 5.40. The number of rotatable bonds is 3. The summed E-state index contributed by atoms with van der Waals surface area (Å²) in [6.07, 6.45) is 0.956. The van der Waals surface area contributed by atoms with Crippen molar-refractivity contribution in [2.45, 2.75) is 12.5 Å². The Morgan fingerprint density at radius 2 is 2.05 bits per heavy atom. The zero-order valence-electron chi connectivity index (χ0n) is 11.2. The topological polar surface area (TPSA) is 60.9 Å². The molecule has 0 radical (unpaired) electrons. The predicted molar refractivity (Wildman–Crippen MR) is 71.4 cm³/mol. The molecule has 102 valence electrons. The Kier molecular flexibility index (Phi) is 3.85. The van der Waals surface area contributed by atoms with Crippen molar-refractivity contribution in [1.82, 2.24) is 9.80 Å². The summed E-state index contributed by atoms with van der Waals surface area (Å²) in [5.74, 6) is -1.14. The zero-order chi connectivity index (χ0) is 14.0. The SMILES string of the molecule is CN1CCC(N(C)C(=O)c2cccc(C(=O)O)c2)C1. The lowest BCUT2D eigenvalue weighted by atomic mass is 10.1. The summed E-state index contributed by atoms with van der Waals surface area (Å²) in [7, 11) is 3.81. The molecule has 2 rings (SSSR count). The van der Waals surface area contributed by atoms with E-state index in [-0.39, 0.29) is 17.5 Å². The van der Waals surface area contributed by atoms with Crippen molar-refractivity contribution in [3.63, 3.8) is 0 Å². The monoisotopic (exact) mass is 262 g/mol. The van der Waals surface area contributed by atoms with E-state index in [1.807, 2.05) is 7.05 Å². The maximum atomic E-state index is 12.3. The van der Waals surface area contributed by atoms with Crippen LogP contribution in [0.15, 0.2) is 24.3 Å². The number of benzene rings is 1. The molecule has 5 heteroatoms. The van der Waals surface area contributed by atoms with Crippen LogP contribution in [0.4, 0.5) is 0 Å². The molecule has 0 spiro atoms. The van der Waals surface area contributed by atoms with E-state index in [0.717, 1.165) is 19.5 Å². The van der Waals surface area contributed by atoms with Crippen LogP contribution in [0.25, 0.3) is 0 Å². The van der Waals surface area contributed by atoms with E-state index in [2.05, 4.69) is 4.90 Å². The molecule has 1 N–H and O–H groups in total. The van der Waals surface area contributed by atoms with Crippen molar-refractivity contribution in [3.05, 3.63) is 35.4 Å². The quantitative estimate of drug-likeness (QED) is 0.888. The average Bonchev–Trinajstić information content (AvgIpc) is 2.84. The van der Waals surface area contributed by atoms with Crippen LogP contribution >= 0.6 is 0 Å². The molecule has 1 aliphatic heterocycles. The number of hydrogen-bond acceptors (Lipinski definition) is 3. The Bertz CT molecular complexity index is 501. The number of carboxylic acid groups (broad SMARTS) is 1. The maximum absolute atomic E-state index is 12.3. The molecule has 0 bridgehead atoms. The number of aromatic carboxylic acids is 1. The lowest BCUT2D eigenvalue weighted by Gasteiger charge is -2.24. The van der Waals surface area contributed by atoms with Crippen LogP contribution in [0.3, 0.4) is 0 Å². The number of likely N-dealkylation sites (tertiary alicyclic amines) is 1. The van der Waals surface area contributed by atoms with Crippen LogP contribution in [0.1, 0.15) is 27.1 Å². The van der Waals surface area contributed by atoms with Gasteiger partial charge in [0.05, 0.1) is 5.56 Å². The largest absolute Gasteiger partial charge is 0.478 e. The van der Waals surface area contributed by atoms with Crippen LogP contribution < -0.4 is 0 Å². The van der Waals surface area contributed by atoms with Gasteiger partial charge in [-0.2, -0.15) is 0 Å². The average molecular weight is 262 g/mol. The van der Waals surface area contributed by atoms with E-state index in [4.69, 9.17) is 5.11 Å². The van der Waals surface area contributed by atoms with Crippen molar-refractivity contribution >= 4 is 11.9 Å². The minimum absolute atomic E-state index is 0.122. The standard InChI is InChI=1S/C14H18N2O3/c1-15-7-6-12(9-15)16(2)13(17)10-4-3-5-11(8-10)14(18)19/h3-5,8,12H,6-7,9H2,1-2H3,(H,18,19). The minimum Gasteiger partial charge on any atom is -0.478 e. The second-order valence-corrected chi connectivity index (χ2v) is 5.01. The molecule has 1 atom stereocenters. The van der Waals surface area contributed by atoms with Gasteiger partial charge >= 0.3 is 5.97 Å². The molecular weight excluding hydrogens is 244 g/mol. The molecule has 1 unspecified atom stereocenters. The van der Waals surface area contributed by atoms with Gasteiger partial charge in [0, 0.05) is 25.2 Å². The van der Waals surface area contributed by atoms with Crippen molar-refractivity contribution in [3.8, 4) is 0 Å². The lowest BCUT2D eigenvalue weighted by Crippen LogP contribution is -2.38. The molecule has 0 aromatic heterocycles. The Labute approximate surface area is 112 Å². The third-order valence-electron chi connectivity index (χ3n) is 3.59. The van der Waals surface area contributed by atoms with E-state index in [0.29, 0.717) is 5.56 Å². The Morgan fingerprint density at radius 1 is 1.37 bits per heavy atom. The highest BCUT2D eigenvalue weighted by Gasteiger charge is 2.27. The van der Waals surface area contributed by atoms with Gasteiger partial charge < -0.3 is 14.9 Å². The van der Waals surface area contributed by atoms with Gasteiger partial charge in [0.15, 0.2) is 0 Å². The highest BCUT2D eigenvalue weighted by atomic mass is 16.4. The van der Waals surface area contributed by atoms with E-state index in [9.17, 15) is 9.59 Å². The number of nitrogens with zero attached hydrogens (tertiary/aromatic N) is 2. The van der Waals surface area contributed by atoms with Gasteiger partial charge in [-0.1, -0.05) is 6.07 Å². The first-order valence-electron chi connectivity index (χ1n) is 6.28. The van der Waals surface area contributed by atoms with Gasteiger partial charge in [0.1, 0.15) is 0 Å². The molecule has 1 aliphatic rings. The van der Waals surface area contributed by atoms with Gasteiger partial charge in [0.25, 0.3) is 5.91 Å². The first-order valence-corrected chi connectivity index (χ1v) is 6.28. The Hall–Kier alpha value is -1.88. The number of carbonyl (C=O) groups is 2. The number of carboxylic acids is 1. The van der Waals surface area contributed by atoms with E-state index in [1.165, 1.54) is 12.1 Å². The van der Waals surface area contributed by atoms with Crippen molar-refractivity contribution in [2.24, 2.45) is 0 Å². The molecule has 1 saturated heterocycles. The minimum atomic E-state index is -1.02. The number of likely N-dealkylation sites (N-methyl/N-ethyl adjacent to an activating group) is 2. The molecule has 1 amide bonds. The van der Waals surface area contributed by atoms with E-state index >= 15 is 0 Å². The molecule has 1 aromatic carbocycles. The number of carbonyl (C=O) groups excluding carboxylic acids is 1. The molecule has 0 saturated carbocycles. The molecule has 1 fully saturated rings. The molecule has 1 aromatic rings. The van der Waals surface area contributed by atoms with Crippen molar-refractivity contribution < 1.29 is 14.7 Å². The zero-order valence-corrected chi connectivity index (χ0v) is 11.2. The normalized spacial score (nSPS) is 19.4. The number of hydrogen-bond donors (Lipinski definition) is 1. The van der Waals surface area contributed by atoms with Gasteiger partial charge in [-0.3, -0.25) is 4.79 Å². The number of amides is 1. The molecule has 19 heavy (non-hydrogen) atoms. The second-order valence-electron chi connectivity index (χ2n) is 5.01. The first kappa shape index (κ1) is 13.5. The summed E-state index contributed by atoms with van der Waals surface area (Å²) < 4.78 is 0. The van der Waals surface area contributed by atoms with Gasteiger partial charge in [-0.25, -0.2) is 4.79 Å². The van der Waals surface area contributed by atoms with Crippen molar-refractivity contribution in [1.29, 1.82) is 0 Å². The van der Waals surface area contributed by atoms with Crippen molar-refractivity contribution in [2.75, 3.05) is 27.2 Å². The van der Waals surface area contributed by atoms with Gasteiger partial charge in [-0.05, 0) is 38.2 Å². The van der Waals surface area contributed by atoms with Crippen LogP contribution in [0, 0.1) is 0 Å². The Balaban J connectivity index is 2.15. The first-order chi connectivity index (χ1) is 8.99. The van der Waals surface area contributed by atoms with Crippen LogP contribution in [0.5, 0.6) is 0 Å². The van der Waals surface area contributed by atoms with E-state index in [1.54, 1.807) is 24.1 Å². The summed E-state index contributed by atoms with van der Waals surface area (Å²) >= 11 is 0. The maximum Gasteiger partial charge on any atom is 0.335 e. The smallest absolute Gasteiger partial charge is 0.335 e. The highest BCUT2D eigenvalue weighted by Crippen LogP contribution is 2.16. The van der Waals surface area contributed by atoms with Crippen LogP contribution in [-0.4, -0.2) is 60.0 Å². The van der Waals surface area contributed by atoms with Crippen LogP contribution in [0.2, 0.25) is 0 Å². The molecule has 5 nitrogen and oxygen atoms in total. The van der Waals surface area contributed by atoms with Gasteiger partial charge in [-0.15, -0.1) is 0 Å². The summed E-state index contributed by atoms with van der Waals surface area (Å²) in [6, 6.07) is 6.38. The summed E-state index contributed by atoms with van der Waals surface area (Å²) in [6.45, 7) is 1.85. The third kappa shape index (κ3) is 2.93. The fourth-order valence-corrected chi connectivity index (χ4v) is 2.38. The summed E-state index contributed by atoms with van der Waals surface area (Å²) in [5.41, 5.74) is 0.569. The molecular formula is C14H18N2O3. The van der Waals surface area contributed by atoms with E-state index < -0.39 is 5.97 Å². The predicted octanol–water partition coefficient (Wildman–Crippen LogP) is 1.16. The third-order valence-corrected chi connectivity index (χ3v) is 3.59. The van der Waals surface area contributed by atoms with Crippen LogP contribution in [-0.2, 0) is 0 Å². The molecule has 0 aliphatic carbocycles. The highest BCUT2D eigenvalue weighted by molar-refractivity contribution is 5.97. The summed E-state index contributed by atoms with van der Waals surface area (Å²) in [4.78, 5) is 27.1.